The van der Waals surface area contributed by atoms with Crippen molar-refractivity contribution in [3.63, 3.8) is 0 Å². The third-order valence-corrected chi connectivity index (χ3v) is 6.55. The average molecular weight is 495 g/mol. The first-order chi connectivity index (χ1) is 16.2. The Balaban J connectivity index is 1.89. The lowest BCUT2D eigenvalue weighted by Gasteiger charge is -2.22. The minimum absolute atomic E-state index is 0.0478. The maximum absolute atomic E-state index is 16.1. The van der Waals surface area contributed by atoms with Crippen molar-refractivity contribution >= 4 is 43.4 Å². The standard InChI is InChI=1S/C22H18F5N5OS/c1-2-33-21-30-16-11(19(31-21)32-7-3-4-8-32)9-12(22(25,26)27)14(15(16)24)10-5-6-13(23)18-17(10)29-20(28)34-18/h5-6,9H,2-4,7-8H2,1H3,(H2,28,29). The molecule has 0 saturated carbocycles. The molecule has 0 aliphatic carbocycles. The molecular weight excluding hydrogens is 477 g/mol. The highest BCUT2D eigenvalue weighted by molar-refractivity contribution is 7.22. The van der Waals surface area contributed by atoms with Crippen LogP contribution in [0.4, 0.5) is 32.9 Å². The first kappa shape index (κ1) is 22.5. The van der Waals surface area contributed by atoms with Crippen LogP contribution in [0.1, 0.15) is 25.3 Å². The maximum Gasteiger partial charge on any atom is 0.417 e. The van der Waals surface area contributed by atoms with E-state index in [9.17, 15) is 17.6 Å². The number of alkyl halides is 3. The number of anilines is 2. The van der Waals surface area contributed by atoms with Gasteiger partial charge in [0.2, 0.25) is 0 Å². The molecule has 178 valence electrons. The number of hydrogen-bond donors (Lipinski definition) is 1. The summed E-state index contributed by atoms with van der Waals surface area (Å²) in [6, 6.07) is 2.76. The summed E-state index contributed by atoms with van der Waals surface area (Å²) in [7, 11) is 0. The molecule has 0 radical (unpaired) electrons. The monoisotopic (exact) mass is 495 g/mol. The topological polar surface area (TPSA) is 77.2 Å². The van der Waals surface area contributed by atoms with Gasteiger partial charge in [-0.05, 0) is 38.0 Å². The van der Waals surface area contributed by atoms with E-state index in [0.717, 1.165) is 42.4 Å². The van der Waals surface area contributed by atoms with Gasteiger partial charge in [0.05, 0.1) is 22.4 Å². The fourth-order valence-electron chi connectivity index (χ4n) is 4.24. The number of thiazole rings is 1. The highest BCUT2D eigenvalue weighted by atomic mass is 32.1. The maximum atomic E-state index is 16.1. The summed E-state index contributed by atoms with van der Waals surface area (Å²) >= 11 is 0.774. The second-order valence-corrected chi connectivity index (χ2v) is 8.82. The third-order valence-electron chi connectivity index (χ3n) is 5.66. The van der Waals surface area contributed by atoms with E-state index in [1.165, 1.54) is 0 Å². The number of rotatable bonds is 4. The van der Waals surface area contributed by atoms with Crippen LogP contribution >= 0.6 is 11.3 Å². The fraction of sp³-hybridized carbons (Fsp3) is 0.318. The van der Waals surface area contributed by atoms with E-state index in [-0.39, 0.29) is 50.2 Å². The quantitative estimate of drug-likeness (QED) is 0.362. The number of nitrogens with two attached hydrogens (primary N) is 1. The van der Waals surface area contributed by atoms with Crippen molar-refractivity contribution in [2.45, 2.75) is 25.9 Å². The number of hydrogen-bond acceptors (Lipinski definition) is 7. The molecule has 0 bridgehead atoms. The minimum atomic E-state index is -4.92. The highest BCUT2D eigenvalue weighted by Gasteiger charge is 2.38. The molecule has 2 aromatic carbocycles. The molecule has 0 atom stereocenters. The van der Waals surface area contributed by atoms with E-state index in [4.69, 9.17) is 10.5 Å². The Morgan fingerprint density at radius 2 is 1.82 bits per heavy atom. The largest absolute Gasteiger partial charge is 0.464 e. The van der Waals surface area contributed by atoms with Crippen LogP contribution in [0.5, 0.6) is 6.01 Å². The van der Waals surface area contributed by atoms with E-state index in [2.05, 4.69) is 15.0 Å². The molecule has 0 amide bonds. The van der Waals surface area contributed by atoms with Crippen molar-refractivity contribution in [3.8, 4) is 17.1 Å². The van der Waals surface area contributed by atoms with E-state index in [1.54, 1.807) is 11.8 Å². The van der Waals surface area contributed by atoms with Crippen molar-refractivity contribution in [1.82, 2.24) is 15.0 Å². The molecular formula is C22H18F5N5OS. The molecule has 0 unspecified atom stereocenters. The molecule has 1 aliphatic heterocycles. The summed E-state index contributed by atoms with van der Waals surface area (Å²) < 4.78 is 78.5. The Morgan fingerprint density at radius 1 is 1.09 bits per heavy atom. The summed E-state index contributed by atoms with van der Waals surface area (Å²) in [4.78, 5) is 14.1. The van der Waals surface area contributed by atoms with Gasteiger partial charge in [0, 0.05) is 29.6 Å². The van der Waals surface area contributed by atoms with Gasteiger partial charge in [-0.15, -0.1) is 0 Å². The average Bonchev–Trinajstić information content (AvgIpc) is 3.44. The highest BCUT2D eigenvalue weighted by Crippen LogP contribution is 2.46. The molecule has 0 spiro atoms. The molecule has 12 heteroatoms. The fourth-order valence-corrected chi connectivity index (χ4v) is 5.00. The van der Waals surface area contributed by atoms with Gasteiger partial charge in [0.25, 0.3) is 0 Å². The zero-order valence-corrected chi connectivity index (χ0v) is 18.7. The smallest absolute Gasteiger partial charge is 0.417 e. The normalized spacial score (nSPS) is 14.5. The van der Waals surface area contributed by atoms with E-state index < -0.39 is 28.9 Å². The van der Waals surface area contributed by atoms with Crippen molar-refractivity contribution in [3.05, 3.63) is 35.4 Å². The molecule has 34 heavy (non-hydrogen) atoms. The number of aromatic nitrogens is 3. The van der Waals surface area contributed by atoms with Crippen LogP contribution in [0.2, 0.25) is 0 Å². The number of halogens is 5. The lowest BCUT2D eigenvalue weighted by Crippen LogP contribution is -2.21. The van der Waals surface area contributed by atoms with Crippen LogP contribution in [0.15, 0.2) is 18.2 Å². The Labute approximate surface area is 194 Å². The lowest BCUT2D eigenvalue weighted by molar-refractivity contribution is -0.137. The number of nitrogens with zero attached hydrogens (tertiary/aromatic N) is 4. The first-order valence-electron chi connectivity index (χ1n) is 10.5. The Kier molecular flexibility index (Phi) is 5.42. The van der Waals surface area contributed by atoms with Crippen LogP contribution in [0, 0.1) is 11.6 Å². The van der Waals surface area contributed by atoms with Crippen molar-refractivity contribution in [2.24, 2.45) is 0 Å². The molecule has 1 fully saturated rings. The van der Waals surface area contributed by atoms with E-state index in [0.29, 0.717) is 13.1 Å². The van der Waals surface area contributed by atoms with Gasteiger partial charge in [-0.1, -0.05) is 11.3 Å². The van der Waals surface area contributed by atoms with Crippen molar-refractivity contribution in [2.75, 3.05) is 30.3 Å². The summed E-state index contributed by atoms with van der Waals surface area (Å²) in [6.07, 6.45) is -3.25. The van der Waals surface area contributed by atoms with Gasteiger partial charge < -0.3 is 15.4 Å². The SMILES string of the molecule is CCOc1nc(N2CCCC2)c2cc(C(F)(F)F)c(-c3ccc(F)c4sc(N)nc34)c(F)c2n1. The van der Waals surface area contributed by atoms with Crippen LogP contribution in [-0.4, -0.2) is 34.6 Å². The Hall–Kier alpha value is -3.28. The number of nitrogen functional groups attached to an aromatic ring is 1. The summed E-state index contributed by atoms with van der Waals surface area (Å²) in [5, 5.41) is -0.122. The molecule has 5 rings (SSSR count). The van der Waals surface area contributed by atoms with E-state index >= 15 is 4.39 Å². The summed E-state index contributed by atoms with van der Waals surface area (Å²) in [6.45, 7) is 3.02. The van der Waals surface area contributed by atoms with Crippen LogP contribution < -0.4 is 15.4 Å². The molecule has 2 aromatic heterocycles. The third kappa shape index (κ3) is 3.65. The van der Waals surface area contributed by atoms with Gasteiger partial charge >= 0.3 is 12.2 Å². The van der Waals surface area contributed by atoms with Crippen LogP contribution in [0.25, 0.3) is 32.2 Å². The molecule has 6 nitrogen and oxygen atoms in total. The molecule has 4 aromatic rings. The Morgan fingerprint density at radius 3 is 2.50 bits per heavy atom. The minimum Gasteiger partial charge on any atom is -0.464 e. The Bertz CT molecular complexity index is 1420. The van der Waals surface area contributed by atoms with Crippen molar-refractivity contribution in [1.29, 1.82) is 0 Å². The van der Waals surface area contributed by atoms with Gasteiger partial charge in [0.1, 0.15) is 17.2 Å². The molecule has 3 heterocycles. The summed E-state index contributed by atoms with van der Waals surface area (Å²) in [5.41, 5.74) is 2.99. The number of ether oxygens (including phenoxy) is 1. The first-order valence-corrected chi connectivity index (χ1v) is 11.3. The predicted octanol–water partition coefficient (Wildman–Crippen LogP) is 5.78. The predicted molar refractivity (Wildman–Crippen MR) is 120 cm³/mol. The second kappa shape index (κ2) is 8.19. The van der Waals surface area contributed by atoms with Crippen molar-refractivity contribution < 1.29 is 26.7 Å². The summed E-state index contributed by atoms with van der Waals surface area (Å²) in [5.74, 6) is -1.74. The lowest BCUT2D eigenvalue weighted by atomic mass is 9.95. The zero-order valence-electron chi connectivity index (χ0n) is 17.8. The van der Waals surface area contributed by atoms with Gasteiger partial charge in [-0.3, -0.25) is 0 Å². The van der Waals surface area contributed by atoms with E-state index in [1.807, 2.05) is 0 Å². The molecule has 1 saturated heterocycles. The second-order valence-electron chi connectivity index (χ2n) is 7.79. The van der Waals surface area contributed by atoms with Gasteiger partial charge in [-0.2, -0.15) is 23.1 Å². The number of fused-ring (bicyclic) bond motifs is 2. The molecule has 1 aliphatic rings. The van der Waals surface area contributed by atoms with Gasteiger partial charge in [-0.25, -0.2) is 13.8 Å². The van der Waals surface area contributed by atoms with Crippen LogP contribution in [0.3, 0.4) is 0 Å². The van der Waals surface area contributed by atoms with Gasteiger partial charge in [0.15, 0.2) is 10.9 Å². The van der Waals surface area contributed by atoms with Crippen LogP contribution in [-0.2, 0) is 6.18 Å². The number of benzene rings is 2. The zero-order chi connectivity index (χ0) is 24.2. The molecule has 2 N–H and O–H groups in total.